The van der Waals surface area contributed by atoms with Gasteiger partial charge in [0, 0.05) is 49.7 Å². The number of hydrogen-bond donors (Lipinski definition) is 3. The van der Waals surface area contributed by atoms with Gasteiger partial charge in [0.25, 0.3) is 0 Å². The summed E-state index contributed by atoms with van der Waals surface area (Å²) in [6.07, 6.45) is -3.79. The number of rotatable bonds is 10. The van der Waals surface area contributed by atoms with Crippen LogP contribution in [0.25, 0.3) is 22.8 Å². The molecule has 0 unspecified atom stereocenters. The average molecular weight is 515 g/mol. The first-order chi connectivity index (χ1) is 17.6. The Hall–Kier alpha value is -4.42. The Morgan fingerprint density at radius 1 is 0.784 bits per heavy atom. The molecule has 0 aliphatic carbocycles. The predicted octanol–water partition coefficient (Wildman–Crippen LogP) is 2.98. The van der Waals surface area contributed by atoms with Crippen molar-refractivity contribution in [3.8, 4) is 22.8 Å². The second-order valence-corrected chi connectivity index (χ2v) is 7.94. The molecule has 0 saturated heterocycles. The van der Waals surface area contributed by atoms with E-state index in [1.54, 1.807) is 24.3 Å². The molecule has 3 rings (SSSR count). The standard InChI is InChI=1S/C24H24F3N7O3/c1-15(35)28-12-13-29-20(36)6-3-7-21(37)30-19-5-2-4-17(14-19)23-33-31-22(32-34-23)16-8-10-18(11-9-16)24(25,26)27/h2,4-5,8-11,14H,3,6-7,12-13H2,1H3,(H,28,35)(H,29,36)(H,30,37). The van der Waals surface area contributed by atoms with Gasteiger partial charge in [-0.3, -0.25) is 14.4 Å². The normalized spacial score (nSPS) is 11.0. The van der Waals surface area contributed by atoms with E-state index in [4.69, 9.17) is 0 Å². The molecule has 0 aliphatic rings. The lowest BCUT2D eigenvalue weighted by atomic mass is 10.1. The van der Waals surface area contributed by atoms with Crippen molar-refractivity contribution in [3.05, 3.63) is 54.1 Å². The van der Waals surface area contributed by atoms with E-state index in [1.807, 2.05) is 0 Å². The number of benzene rings is 2. The molecule has 37 heavy (non-hydrogen) atoms. The van der Waals surface area contributed by atoms with E-state index < -0.39 is 11.7 Å². The summed E-state index contributed by atoms with van der Waals surface area (Å²) < 4.78 is 38.2. The summed E-state index contributed by atoms with van der Waals surface area (Å²) in [5, 5.41) is 23.9. The highest BCUT2D eigenvalue weighted by molar-refractivity contribution is 5.91. The highest BCUT2D eigenvalue weighted by Crippen LogP contribution is 2.30. The average Bonchev–Trinajstić information content (AvgIpc) is 2.86. The van der Waals surface area contributed by atoms with Gasteiger partial charge in [0.05, 0.1) is 5.56 Å². The summed E-state index contributed by atoms with van der Waals surface area (Å²) in [4.78, 5) is 34.8. The molecule has 10 nitrogen and oxygen atoms in total. The lowest BCUT2D eigenvalue weighted by Crippen LogP contribution is -2.33. The van der Waals surface area contributed by atoms with E-state index in [-0.39, 0.29) is 42.2 Å². The van der Waals surface area contributed by atoms with Crippen LogP contribution in [0.1, 0.15) is 31.7 Å². The SMILES string of the molecule is CC(=O)NCCNC(=O)CCCC(=O)Nc1cccc(-c2nnc(-c3ccc(C(F)(F)F)cc3)nn2)c1. The molecule has 0 radical (unpaired) electrons. The molecule has 1 heterocycles. The van der Waals surface area contributed by atoms with Crippen LogP contribution in [0.2, 0.25) is 0 Å². The maximum atomic E-state index is 12.7. The molecule has 0 atom stereocenters. The fourth-order valence-electron chi connectivity index (χ4n) is 3.17. The lowest BCUT2D eigenvalue weighted by molar-refractivity contribution is -0.137. The minimum absolute atomic E-state index is 0.0704. The summed E-state index contributed by atoms with van der Waals surface area (Å²) in [6, 6.07) is 11.0. The molecule has 13 heteroatoms. The van der Waals surface area contributed by atoms with Gasteiger partial charge in [0.1, 0.15) is 0 Å². The molecule has 194 valence electrons. The van der Waals surface area contributed by atoms with Crippen molar-refractivity contribution in [2.45, 2.75) is 32.4 Å². The number of hydrogen-bond acceptors (Lipinski definition) is 7. The fourth-order valence-corrected chi connectivity index (χ4v) is 3.17. The van der Waals surface area contributed by atoms with Gasteiger partial charge in [-0.1, -0.05) is 24.3 Å². The first-order valence-electron chi connectivity index (χ1n) is 11.3. The summed E-state index contributed by atoms with van der Waals surface area (Å²) in [7, 11) is 0. The summed E-state index contributed by atoms with van der Waals surface area (Å²) in [5.41, 5.74) is 0.560. The van der Waals surface area contributed by atoms with Gasteiger partial charge in [0.15, 0.2) is 0 Å². The molecule has 3 amide bonds. The van der Waals surface area contributed by atoms with Crippen molar-refractivity contribution in [2.24, 2.45) is 0 Å². The molecule has 0 aliphatic heterocycles. The van der Waals surface area contributed by atoms with Crippen molar-refractivity contribution in [2.75, 3.05) is 18.4 Å². The monoisotopic (exact) mass is 515 g/mol. The van der Waals surface area contributed by atoms with Gasteiger partial charge >= 0.3 is 6.18 Å². The van der Waals surface area contributed by atoms with Crippen LogP contribution in [0.15, 0.2) is 48.5 Å². The first kappa shape index (κ1) is 27.2. The quantitative estimate of drug-likeness (QED) is 0.353. The number of aromatic nitrogens is 4. The molecule has 3 N–H and O–H groups in total. The van der Waals surface area contributed by atoms with E-state index in [9.17, 15) is 27.6 Å². The van der Waals surface area contributed by atoms with Gasteiger partial charge in [-0.05, 0) is 30.7 Å². The Kier molecular flexibility index (Phi) is 9.19. The summed E-state index contributed by atoms with van der Waals surface area (Å²) in [6.45, 7) is 2.04. The van der Waals surface area contributed by atoms with Crippen molar-refractivity contribution in [1.82, 2.24) is 31.0 Å². The number of amides is 3. The third kappa shape index (κ3) is 8.63. The van der Waals surface area contributed by atoms with Crippen LogP contribution in [0.4, 0.5) is 18.9 Å². The number of alkyl halides is 3. The number of anilines is 1. The van der Waals surface area contributed by atoms with E-state index >= 15 is 0 Å². The number of carbonyl (C=O) groups is 3. The van der Waals surface area contributed by atoms with E-state index in [1.165, 1.54) is 19.1 Å². The third-order valence-electron chi connectivity index (χ3n) is 4.98. The van der Waals surface area contributed by atoms with Crippen molar-refractivity contribution in [3.63, 3.8) is 0 Å². The van der Waals surface area contributed by atoms with Crippen LogP contribution in [-0.2, 0) is 20.6 Å². The maximum absolute atomic E-state index is 12.7. The Morgan fingerprint density at radius 3 is 2.00 bits per heavy atom. The number of nitrogens with one attached hydrogen (secondary N) is 3. The largest absolute Gasteiger partial charge is 0.416 e. The van der Waals surface area contributed by atoms with Crippen molar-refractivity contribution < 1.29 is 27.6 Å². The Balaban J connectivity index is 1.51. The van der Waals surface area contributed by atoms with Crippen molar-refractivity contribution in [1.29, 1.82) is 0 Å². The molecule has 2 aromatic carbocycles. The summed E-state index contributed by atoms with van der Waals surface area (Å²) in [5.74, 6) is -0.428. The Labute approximate surface area is 210 Å². The topological polar surface area (TPSA) is 139 Å². The molecular formula is C24H24F3N7O3. The van der Waals surface area contributed by atoms with E-state index in [0.29, 0.717) is 36.3 Å². The van der Waals surface area contributed by atoms with Crippen LogP contribution in [0, 0.1) is 0 Å². The van der Waals surface area contributed by atoms with Gasteiger partial charge in [0.2, 0.25) is 29.4 Å². The molecule has 3 aromatic rings. The van der Waals surface area contributed by atoms with E-state index in [2.05, 4.69) is 36.3 Å². The molecular weight excluding hydrogens is 491 g/mol. The fraction of sp³-hybridized carbons (Fsp3) is 0.292. The van der Waals surface area contributed by atoms with Crippen LogP contribution < -0.4 is 16.0 Å². The van der Waals surface area contributed by atoms with E-state index in [0.717, 1.165) is 12.1 Å². The zero-order valence-corrected chi connectivity index (χ0v) is 19.8. The van der Waals surface area contributed by atoms with Crippen LogP contribution in [0.5, 0.6) is 0 Å². The molecule has 0 fully saturated rings. The Bertz CT molecular complexity index is 1230. The first-order valence-corrected chi connectivity index (χ1v) is 11.3. The second kappa shape index (κ2) is 12.5. The zero-order valence-electron chi connectivity index (χ0n) is 19.8. The van der Waals surface area contributed by atoms with Crippen LogP contribution in [-0.4, -0.2) is 51.2 Å². The number of carbonyl (C=O) groups excluding carboxylic acids is 3. The zero-order chi connectivity index (χ0) is 26.8. The van der Waals surface area contributed by atoms with Crippen LogP contribution >= 0.6 is 0 Å². The predicted molar refractivity (Wildman–Crippen MR) is 128 cm³/mol. The maximum Gasteiger partial charge on any atom is 0.416 e. The number of halogens is 3. The highest BCUT2D eigenvalue weighted by atomic mass is 19.4. The van der Waals surface area contributed by atoms with Gasteiger partial charge < -0.3 is 16.0 Å². The van der Waals surface area contributed by atoms with Gasteiger partial charge in [-0.2, -0.15) is 13.2 Å². The van der Waals surface area contributed by atoms with Crippen LogP contribution in [0.3, 0.4) is 0 Å². The highest BCUT2D eigenvalue weighted by Gasteiger charge is 2.30. The molecule has 1 aromatic heterocycles. The van der Waals surface area contributed by atoms with Gasteiger partial charge in [-0.15, -0.1) is 20.4 Å². The minimum Gasteiger partial charge on any atom is -0.355 e. The molecule has 0 spiro atoms. The minimum atomic E-state index is -4.44. The number of nitrogens with zero attached hydrogens (tertiary/aromatic N) is 4. The Morgan fingerprint density at radius 2 is 1.38 bits per heavy atom. The smallest absolute Gasteiger partial charge is 0.355 e. The molecule has 0 saturated carbocycles. The summed E-state index contributed by atoms with van der Waals surface area (Å²) >= 11 is 0. The second-order valence-electron chi connectivity index (χ2n) is 7.94. The van der Waals surface area contributed by atoms with Gasteiger partial charge in [-0.25, -0.2) is 0 Å². The lowest BCUT2D eigenvalue weighted by Gasteiger charge is -2.08. The third-order valence-corrected chi connectivity index (χ3v) is 4.98. The molecule has 0 bridgehead atoms. The van der Waals surface area contributed by atoms with Crippen molar-refractivity contribution >= 4 is 23.4 Å².